The standard InChI is InChI=1S/C11H24N2O2/c1-10(6-8-14)9-13-11(15)5-3-2-4-7-12/h10,14H,2-9,12H2,1H3,(H,13,15). The minimum Gasteiger partial charge on any atom is -0.396 e. The lowest BCUT2D eigenvalue weighted by Crippen LogP contribution is -2.28. The van der Waals surface area contributed by atoms with Gasteiger partial charge >= 0.3 is 0 Å². The third-order valence-corrected chi connectivity index (χ3v) is 2.38. The summed E-state index contributed by atoms with van der Waals surface area (Å²) in [4.78, 5) is 11.3. The van der Waals surface area contributed by atoms with Crippen LogP contribution in [0.25, 0.3) is 0 Å². The zero-order valence-electron chi connectivity index (χ0n) is 9.67. The van der Waals surface area contributed by atoms with E-state index in [0.29, 0.717) is 25.4 Å². The summed E-state index contributed by atoms with van der Waals surface area (Å²) in [5, 5.41) is 11.5. The van der Waals surface area contributed by atoms with Crippen LogP contribution in [0, 0.1) is 5.92 Å². The molecular weight excluding hydrogens is 192 g/mol. The minimum absolute atomic E-state index is 0.108. The summed E-state index contributed by atoms with van der Waals surface area (Å²) in [6.45, 7) is 3.57. The van der Waals surface area contributed by atoms with Gasteiger partial charge in [-0.05, 0) is 31.7 Å². The first kappa shape index (κ1) is 14.4. The van der Waals surface area contributed by atoms with Gasteiger partial charge in [0.15, 0.2) is 0 Å². The topological polar surface area (TPSA) is 75.3 Å². The lowest BCUT2D eigenvalue weighted by Gasteiger charge is -2.10. The van der Waals surface area contributed by atoms with Crippen LogP contribution < -0.4 is 11.1 Å². The summed E-state index contributed by atoms with van der Waals surface area (Å²) in [5.74, 6) is 0.458. The highest BCUT2D eigenvalue weighted by Gasteiger charge is 2.04. The molecule has 15 heavy (non-hydrogen) atoms. The van der Waals surface area contributed by atoms with Gasteiger partial charge in [0, 0.05) is 19.6 Å². The zero-order chi connectivity index (χ0) is 11.5. The molecule has 0 fully saturated rings. The van der Waals surface area contributed by atoms with Crippen molar-refractivity contribution in [2.24, 2.45) is 11.7 Å². The summed E-state index contributed by atoms with van der Waals surface area (Å²) in [7, 11) is 0. The largest absolute Gasteiger partial charge is 0.396 e. The number of aliphatic hydroxyl groups is 1. The molecule has 1 unspecified atom stereocenters. The maximum atomic E-state index is 11.3. The maximum Gasteiger partial charge on any atom is 0.220 e. The summed E-state index contributed by atoms with van der Waals surface area (Å²) >= 11 is 0. The van der Waals surface area contributed by atoms with E-state index in [9.17, 15) is 4.79 Å². The molecule has 0 heterocycles. The third kappa shape index (κ3) is 9.69. The van der Waals surface area contributed by atoms with E-state index in [1.54, 1.807) is 0 Å². The Bertz CT molecular complexity index is 163. The Balaban J connectivity index is 3.32. The predicted molar refractivity (Wildman–Crippen MR) is 61.4 cm³/mol. The summed E-state index contributed by atoms with van der Waals surface area (Å²) < 4.78 is 0. The van der Waals surface area contributed by atoms with Gasteiger partial charge in [0.25, 0.3) is 0 Å². The van der Waals surface area contributed by atoms with E-state index in [-0.39, 0.29) is 12.5 Å². The van der Waals surface area contributed by atoms with Gasteiger partial charge in [-0.15, -0.1) is 0 Å². The molecule has 0 radical (unpaired) electrons. The smallest absolute Gasteiger partial charge is 0.220 e. The molecule has 1 atom stereocenters. The number of amides is 1. The maximum absolute atomic E-state index is 11.3. The van der Waals surface area contributed by atoms with Gasteiger partial charge in [-0.1, -0.05) is 13.3 Å². The third-order valence-electron chi connectivity index (χ3n) is 2.38. The van der Waals surface area contributed by atoms with Crippen LogP contribution in [0.5, 0.6) is 0 Å². The normalized spacial score (nSPS) is 12.5. The highest BCUT2D eigenvalue weighted by molar-refractivity contribution is 5.75. The van der Waals surface area contributed by atoms with Crippen molar-refractivity contribution in [2.75, 3.05) is 19.7 Å². The van der Waals surface area contributed by atoms with Crippen molar-refractivity contribution in [3.63, 3.8) is 0 Å². The fourth-order valence-corrected chi connectivity index (χ4v) is 1.31. The average Bonchev–Trinajstić information content (AvgIpc) is 2.22. The van der Waals surface area contributed by atoms with Crippen LogP contribution in [-0.2, 0) is 4.79 Å². The van der Waals surface area contributed by atoms with E-state index in [1.165, 1.54) is 0 Å². The van der Waals surface area contributed by atoms with Gasteiger partial charge in [-0.2, -0.15) is 0 Å². The average molecular weight is 216 g/mol. The highest BCUT2D eigenvalue weighted by Crippen LogP contribution is 2.00. The first-order valence-corrected chi connectivity index (χ1v) is 5.78. The fourth-order valence-electron chi connectivity index (χ4n) is 1.31. The van der Waals surface area contributed by atoms with E-state index < -0.39 is 0 Å². The molecule has 1 amide bonds. The van der Waals surface area contributed by atoms with Crippen LogP contribution in [0.15, 0.2) is 0 Å². The van der Waals surface area contributed by atoms with Crippen molar-refractivity contribution < 1.29 is 9.90 Å². The van der Waals surface area contributed by atoms with Crippen molar-refractivity contribution in [3.05, 3.63) is 0 Å². The Labute approximate surface area is 92.2 Å². The number of carbonyl (C=O) groups is 1. The number of hydrogen-bond acceptors (Lipinski definition) is 3. The second kappa shape index (κ2) is 9.93. The van der Waals surface area contributed by atoms with E-state index in [2.05, 4.69) is 5.32 Å². The molecule has 4 heteroatoms. The van der Waals surface area contributed by atoms with Crippen molar-refractivity contribution in [1.29, 1.82) is 0 Å². The molecule has 0 rings (SSSR count). The molecular formula is C11H24N2O2. The number of nitrogens with two attached hydrogens (primary N) is 1. The Morgan fingerprint density at radius 3 is 2.73 bits per heavy atom. The molecule has 0 aromatic heterocycles. The molecule has 0 aliphatic heterocycles. The lowest BCUT2D eigenvalue weighted by atomic mass is 10.1. The molecule has 0 aromatic carbocycles. The van der Waals surface area contributed by atoms with Gasteiger partial charge in [0.05, 0.1) is 0 Å². The predicted octanol–water partition coefficient (Wildman–Crippen LogP) is 0.640. The van der Waals surface area contributed by atoms with Crippen LogP contribution in [0.3, 0.4) is 0 Å². The number of aliphatic hydroxyl groups excluding tert-OH is 1. The molecule has 4 N–H and O–H groups in total. The summed E-state index contributed by atoms with van der Waals surface area (Å²) in [5.41, 5.74) is 5.35. The second-order valence-corrected chi connectivity index (χ2v) is 4.02. The van der Waals surface area contributed by atoms with Crippen LogP contribution in [-0.4, -0.2) is 30.7 Å². The Kier molecular flexibility index (Phi) is 9.52. The number of unbranched alkanes of at least 4 members (excludes halogenated alkanes) is 2. The first-order chi connectivity index (χ1) is 7.20. The summed E-state index contributed by atoms with van der Waals surface area (Å²) in [6.07, 6.45) is 4.26. The van der Waals surface area contributed by atoms with Gasteiger partial charge in [-0.25, -0.2) is 0 Å². The van der Waals surface area contributed by atoms with E-state index in [1.807, 2.05) is 6.92 Å². The molecule has 90 valence electrons. The minimum atomic E-state index is 0.108. The Morgan fingerprint density at radius 2 is 2.13 bits per heavy atom. The molecule has 0 aliphatic rings. The van der Waals surface area contributed by atoms with Crippen molar-refractivity contribution in [1.82, 2.24) is 5.32 Å². The molecule has 0 aliphatic carbocycles. The van der Waals surface area contributed by atoms with Crippen molar-refractivity contribution in [2.45, 2.75) is 39.0 Å². The molecule has 4 nitrogen and oxygen atoms in total. The van der Waals surface area contributed by atoms with Gasteiger partial charge < -0.3 is 16.2 Å². The highest BCUT2D eigenvalue weighted by atomic mass is 16.3. The van der Waals surface area contributed by atoms with Gasteiger partial charge in [0.1, 0.15) is 0 Å². The van der Waals surface area contributed by atoms with Crippen LogP contribution >= 0.6 is 0 Å². The van der Waals surface area contributed by atoms with E-state index >= 15 is 0 Å². The van der Waals surface area contributed by atoms with Crippen LogP contribution in [0.1, 0.15) is 39.0 Å². The van der Waals surface area contributed by atoms with Gasteiger partial charge in [-0.3, -0.25) is 4.79 Å². The molecule has 0 saturated carbocycles. The first-order valence-electron chi connectivity index (χ1n) is 5.78. The van der Waals surface area contributed by atoms with Crippen LogP contribution in [0.2, 0.25) is 0 Å². The van der Waals surface area contributed by atoms with E-state index in [0.717, 1.165) is 25.7 Å². The van der Waals surface area contributed by atoms with E-state index in [4.69, 9.17) is 10.8 Å². The number of carbonyl (C=O) groups excluding carboxylic acids is 1. The second-order valence-electron chi connectivity index (χ2n) is 4.02. The number of nitrogens with one attached hydrogen (secondary N) is 1. The quantitative estimate of drug-likeness (QED) is 0.495. The molecule has 0 saturated heterocycles. The van der Waals surface area contributed by atoms with Crippen molar-refractivity contribution >= 4 is 5.91 Å². The molecule has 0 bridgehead atoms. The monoisotopic (exact) mass is 216 g/mol. The van der Waals surface area contributed by atoms with Gasteiger partial charge in [0.2, 0.25) is 5.91 Å². The SMILES string of the molecule is CC(CCO)CNC(=O)CCCCCN. The number of rotatable bonds is 9. The van der Waals surface area contributed by atoms with Crippen LogP contribution in [0.4, 0.5) is 0 Å². The van der Waals surface area contributed by atoms with Crippen molar-refractivity contribution in [3.8, 4) is 0 Å². The Hall–Kier alpha value is -0.610. The lowest BCUT2D eigenvalue weighted by molar-refractivity contribution is -0.121. The fraction of sp³-hybridized carbons (Fsp3) is 0.909. The molecule has 0 aromatic rings. The zero-order valence-corrected chi connectivity index (χ0v) is 9.67. The number of hydrogen-bond donors (Lipinski definition) is 3. The summed E-state index contributed by atoms with van der Waals surface area (Å²) in [6, 6.07) is 0. The molecule has 0 spiro atoms. The Morgan fingerprint density at radius 1 is 1.40 bits per heavy atom.